The van der Waals surface area contributed by atoms with Gasteiger partial charge >= 0.3 is 0 Å². The summed E-state index contributed by atoms with van der Waals surface area (Å²) in [5.41, 5.74) is 1.73. The van der Waals surface area contributed by atoms with E-state index >= 15 is 0 Å². The van der Waals surface area contributed by atoms with Crippen LogP contribution in [0.1, 0.15) is 12.2 Å². The molecule has 0 unspecified atom stereocenters. The SMILES string of the molecule is Cc1ccc(-c2c(-c3ccc(O)cc3)c(O)c(O)n2CCCn2ccnc2)o1. The van der Waals surface area contributed by atoms with Gasteiger partial charge in [-0.15, -0.1) is 0 Å². The van der Waals surface area contributed by atoms with E-state index in [1.54, 1.807) is 41.4 Å². The van der Waals surface area contributed by atoms with Crippen molar-refractivity contribution in [3.05, 3.63) is 60.9 Å². The molecule has 0 aliphatic carbocycles. The summed E-state index contributed by atoms with van der Waals surface area (Å²) in [6, 6.07) is 10.1. The number of furan rings is 1. The molecule has 0 spiro atoms. The van der Waals surface area contributed by atoms with E-state index in [-0.39, 0.29) is 17.4 Å². The smallest absolute Gasteiger partial charge is 0.235 e. The van der Waals surface area contributed by atoms with E-state index in [2.05, 4.69) is 4.98 Å². The topological polar surface area (TPSA) is 96.6 Å². The van der Waals surface area contributed by atoms with E-state index in [1.807, 2.05) is 29.8 Å². The van der Waals surface area contributed by atoms with Crippen molar-refractivity contribution in [3.63, 3.8) is 0 Å². The van der Waals surface area contributed by atoms with Gasteiger partial charge in [-0.25, -0.2) is 4.98 Å². The van der Waals surface area contributed by atoms with Crippen molar-refractivity contribution in [2.75, 3.05) is 0 Å². The van der Waals surface area contributed by atoms with Crippen LogP contribution in [0, 0.1) is 6.92 Å². The molecule has 3 N–H and O–H groups in total. The van der Waals surface area contributed by atoms with Crippen LogP contribution in [0.15, 0.2) is 59.5 Å². The number of imidazole rings is 1. The third-order valence-electron chi connectivity index (χ3n) is 4.70. The highest BCUT2D eigenvalue weighted by atomic mass is 16.3. The minimum Gasteiger partial charge on any atom is -0.508 e. The fraction of sp³-hybridized carbons (Fsp3) is 0.190. The number of nitrogens with zero attached hydrogens (tertiary/aromatic N) is 3. The van der Waals surface area contributed by atoms with Gasteiger partial charge in [0.15, 0.2) is 11.5 Å². The highest BCUT2D eigenvalue weighted by Crippen LogP contribution is 2.47. The van der Waals surface area contributed by atoms with Gasteiger partial charge < -0.3 is 28.9 Å². The van der Waals surface area contributed by atoms with E-state index in [9.17, 15) is 15.3 Å². The van der Waals surface area contributed by atoms with Crippen LogP contribution in [-0.4, -0.2) is 29.4 Å². The Morgan fingerprint density at radius 2 is 1.79 bits per heavy atom. The molecule has 0 aliphatic heterocycles. The zero-order valence-electron chi connectivity index (χ0n) is 15.4. The average molecular weight is 379 g/mol. The van der Waals surface area contributed by atoms with Gasteiger partial charge in [-0.1, -0.05) is 12.1 Å². The summed E-state index contributed by atoms with van der Waals surface area (Å²) in [6.45, 7) is 3.05. The maximum atomic E-state index is 10.7. The Balaban J connectivity index is 1.78. The maximum Gasteiger partial charge on any atom is 0.235 e. The van der Waals surface area contributed by atoms with Crippen LogP contribution in [0.2, 0.25) is 0 Å². The molecule has 0 saturated heterocycles. The van der Waals surface area contributed by atoms with Crippen molar-refractivity contribution in [3.8, 4) is 40.0 Å². The number of rotatable bonds is 6. The van der Waals surface area contributed by atoms with E-state index < -0.39 is 0 Å². The molecule has 0 radical (unpaired) electrons. The molecule has 0 fully saturated rings. The van der Waals surface area contributed by atoms with Crippen molar-refractivity contribution in [2.24, 2.45) is 0 Å². The number of phenols is 1. The van der Waals surface area contributed by atoms with E-state index in [0.717, 1.165) is 18.7 Å². The fourth-order valence-corrected chi connectivity index (χ4v) is 3.36. The third kappa shape index (κ3) is 3.22. The van der Waals surface area contributed by atoms with Gasteiger partial charge in [0.2, 0.25) is 5.88 Å². The minimum atomic E-state index is -0.211. The molecule has 144 valence electrons. The second-order valence-corrected chi connectivity index (χ2v) is 6.66. The summed E-state index contributed by atoms with van der Waals surface area (Å²) in [7, 11) is 0. The van der Waals surface area contributed by atoms with Crippen molar-refractivity contribution < 1.29 is 19.7 Å². The summed E-state index contributed by atoms with van der Waals surface area (Å²) in [5.74, 6) is 0.994. The lowest BCUT2D eigenvalue weighted by Crippen LogP contribution is -2.04. The Morgan fingerprint density at radius 3 is 2.43 bits per heavy atom. The lowest BCUT2D eigenvalue weighted by atomic mass is 10.0. The van der Waals surface area contributed by atoms with Gasteiger partial charge in [0.05, 0.1) is 17.6 Å². The van der Waals surface area contributed by atoms with Crippen LogP contribution >= 0.6 is 0 Å². The number of benzene rings is 1. The largest absolute Gasteiger partial charge is 0.508 e. The van der Waals surface area contributed by atoms with Gasteiger partial charge in [-0.05, 0) is 43.2 Å². The van der Waals surface area contributed by atoms with Crippen LogP contribution in [-0.2, 0) is 13.1 Å². The lowest BCUT2D eigenvalue weighted by Gasteiger charge is -2.11. The van der Waals surface area contributed by atoms with Crippen LogP contribution in [0.3, 0.4) is 0 Å². The second kappa shape index (κ2) is 7.19. The molecule has 0 amide bonds. The molecule has 7 nitrogen and oxygen atoms in total. The second-order valence-electron chi connectivity index (χ2n) is 6.66. The summed E-state index contributed by atoms with van der Waals surface area (Å²) in [6.07, 6.45) is 6.07. The highest BCUT2D eigenvalue weighted by Gasteiger charge is 2.26. The van der Waals surface area contributed by atoms with Crippen LogP contribution < -0.4 is 0 Å². The molecular formula is C21H21N3O4. The molecule has 4 aromatic rings. The summed E-state index contributed by atoms with van der Waals surface area (Å²) in [5, 5.41) is 30.9. The summed E-state index contributed by atoms with van der Waals surface area (Å²) < 4.78 is 9.42. The molecule has 7 heteroatoms. The van der Waals surface area contributed by atoms with E-state index in [4.69, 9.17) is 4.42 Å². The molecule has 28 heavy (non-hydrogen) atoms. The van der Waals surface area contributed by atoms with Crippen molar-refractivity contribution in [2.45, 2.75) is 26.4 Å². The Kier molecular flexibility index (Phi) is 4.57. The number of hydrogen-bond acceptors (Lipinski definition) is 5. The number of aromatic hydroxyl groups is 3. The zero-order valence-corrected chi connectivity index (χ0v) is 15.4. The molecule has 0 bridgehead atoms. The standard InChI is InChI=1S/C21H21N3O4/c1-14-3-8-17(28-14)19-18(15-4-6-16(25)7-5-15)20(26)21(27)24(19)11-2-10-23-12-9-22-13-23/h3-9,12-13,25-27H,2,10-11H2,1H3. The normalized spacial score (nSPS) is 11.2. The highest BCUT2D eigenvalue weighted by molar-refractivity contribution is 5.87. The van der Waals surface area contributed by atoms with Crippen LogP contribution in [0.5, 0.6) is 17.4 Å². The zero-order chi connectivity index (χ0) is 19.7. The van der Waals surface area contributed by atoms with Gasteiger partial charge in [0.1, 0.15) is 11.5 Å². The van der Waals surface area contributed by atoms with Gasteiger partial charge in [0.25, 0.3) is 0 Å². The van der Waals surface area contributed by atoms with Crippen molar-refractivity contribution >= 4 is 0 Å². The molecular weight excluding hydrogens is 358 g/mol. The first kappa shape index (κ1) is 17.8. The van der Waals surface area contributed by atoms with Gasteiger partial charge in [-0.3, -0.25) is 0 Å². The Bertz CT molecular complexity index is 1080. The molecule has 4 rings (SSSR count). The number of aromatic nitrogens is 3. The Morgan fingerprint density at radius 1 is 1.00 bits per heavy atom. The molecule has 3 heterocycles. The number of hydrogen-bond donors (Lipinski definition) is 3. The van der Waals surface area contributed by atoms with Crippen molar-refractivity contribution in [1.29, 1.82) is 0 Å². The monoisotopic (exact) mass is 379 g/mol. The van der Waals surface area contributed by atoms with Crippen molar-refractivity contribution in [1.82, 2.24) is 14.1 Å². The first-order chi connectivity index (χ1) is 13.5. The quantitative estimate of drug-likeness (QED) is 0.468. The molecule has 0 saturated carbocycles. The van der Waals surface area contributed by atoms with Gasteiger partial charge in [0, 0.05) is 25.5 Å². The average Bonchev–Trinajstić information content (AvgIpc) is 3.40. The summed E-state index contributed by atoms with van der Waals surface area (Å²) in [4.78, 5) is 4.03. The fourth-order valence-electron chi connectivity index (χ4n) is 3.36. The molecule has 0 atom stereocenters. The Labute approximate surface area is 161 Å². The van der Waals surface area contributed by atoms with Gasteiger partial charge in [-0.2, -0.15) is 0 Å². The predicted octanol–water partition coefficient (Wildman–Crippen LogP) is 4.13. The predicted molar refractivity (Wildman–Crippen MR) is 104 cm³/mol. The molecule has 1 aromatic carbocycles. The number of phenolic OH excluding ortho intramolecular Hbond substituents is 1. The first-order valence-corrected chi connectivity index (χ1v) is 9.01. The Hall–Kier alpha value is -3.61. The minimum absolute atomic E-state index is 0.127. The third-order valence-corrected chi connectivity index (χ3v) is 4.70. The molecule has 3 aromatic heterocycles. The van der Waals surface area contributed by atoms with E-state index in [1.165, 1.54) is 0 Å². The maximum absolute atomic E-state index is 10.7. The molecule has 0 aliphatic rings. The number of aryl methyl sites for hydroxylation is 2. The first-order valence-electron chi connectivity index (χ1n) is 9.01. The lowest BCUT2D eigenvalue weighted by molar-refractivity contribution is 0.368. The summed E-state index contributed by atoms with van der Waals surface area (Å²) >= 11 is 0. The van der Waals surface area contributed by atoms with E-state index in [0.29, 0.717) is 29.1 Å². The van der Waals surface area contributed by atoms with Crippen LogP contribution in [0.4, 0.5) is 0 Å². The van der Waals surface area contributed by atoms with Crippen LogP contribution in [0.25, 0.3) is 22.6 Å².